The first-order valence-corrected chi connectivity index (χ1v) is 7.07. The normalized spacial score (nSPS) is 24.9. The van der Waals surface area contributed by atoms with E-state index in [0.29, 0.717) is 22.9 Å². The van der Waals surface area contributed by atoms with Gasteiger partial charge < -0.3 is 9.73 Å². The Bertz CT molecular complexity index is 362. The van der Waals surface area contributed by atoms with Crippen molar-refractivity contribution in [3.63, 3.8) is 0 Å². The molecule has 0 spiro atoms. The van der Waals surface area contributed by atoms with Gasteiger partial charge in [0.2, 0.25) is 0 Å². The highest BCUT2D eigenvalue weighted by molar-refractivity contribution is 5.04. The molecule has 1 aromatic heterocycles. The lowest BCUT2D eigenvalue weighted by Crippen LogP contribution is -2.44. The molecule has 1 saturated carbocycles. The Morgan fingerprint density at radius 1 is 1.22 bits per heavy atom. The van der Waals surface area contributed by atoms with Gasteiger partial charge in [0.1, 0.15) is 5.76 Å². The van der Waals surface area contributed by atoms with Crippen LogP contribution in [0.4, 0.5) is 0 Å². The van der Waals surface area contributed by atoms with E-state index >= 15 is 0 Å². The lowest BCUT2D eigenvalue weighted by molar-refractivity contribution is 0.0799. The van der Waals surface area contributed by atoms with Crippen LogP contribution in [0.3, 0.4) is 0 Å². The van der Waals surface area contributed by atoms with Crippen molar-refractivity contribution < 1.29 is 4.42 Å². The summed E-state index contributed by atoms with van der Waals surface area (Å²) in [6.07, 6.45) is 5.57. The minimum atomic E-state index is 0.301. The Labute approximate surface area is 111 Å². The molecule has 1 aliphatic rings. The summed E-state index contributed by atoms with van der Waals surface area (Å²) in [6, 6.07) is 4.90. The van der Waals surface area contributed by atoms with E-state index in [4.69, 9.17) is 4.42 Å². The fourth-order valence-corrected chi connectivity index (χ4v) is 3.94. The Morgan fingerprint density at radius 3 is 2.33 bits per heavy atom. The molecule has 1 heterocycles. The SMILES string of the molecule is C[C@H](NC1CC(C)(C)CC(C)(C)C1)c1ccco1. The van der Waals surface area contributed by atoms with Crippen LogP contribution in [0.2, 0.25) is 0 Å². The lowest BCUT2D eigenvalue weighted by Gasteiger charge is -2.45. The van der Waals surface area contributed by atoms with Gasteiger partial charge in [-0.25, -0.2) is 0 Å². The lowest BCUT2D eigenvalue weighted by atomic mass is 9.63. The first-order valence-electron chi connectivity index (χ1n) is 7.07. The fraction of sp³-hybridized carbons (Fsp3) is 0.750. The predicted octanol–water partition coefficient (Wildman–Crippen LogP) is 4.54. The molecule has 1 atom stereocenters. The summed E-state index contributed by atoms with van der Waals surface area (Å²) in [5, 5.41) is 3.74. The molecule has 1 aromatic rings. The molecule has 2 nitrogen and oxygen atoms in total. The third-order valence-electron chi connectivity index (χ3n) is 4.01. The zero-order valence-electron chi connectivity index (χ0n) is 12.4. The molecule has 0 bridgehead atoms. The fourth-order valence-electron chi connectivity index (χ4n) is 3.94. The van der Waals surface area contributed by atoms with E-state index in [1.54, 1.807) is 6.26 Å². The van der Waals surface area contributed by atoms with Gasteiger partial charge in [-0.1, -0.05) is 27.7 Å². The van der Waals surface area contributed by atoms with Crippen LogP contribution in [0, 0.1) is 10.8 Å². The van der Waals surface area contributed by atoms with E-state index in [0.717, 1.165) is 5.76 Å². The van der Waals surface area contributed by atoms with Crippen LogP contribution in [0.15, 0.2) is 22.8 Å². The van der Waals surface area contributed by atoms with E-state index in [-0.39, 0.29) is 0 Å². The van der Waals surface area contributed by atoms with Gasteiger partial charge in [0, 0.05) is 6.04 Å². The maximum Gasteiger partial charge on any atom is 0.120 e. The summed E-state index contributed by atoms with van der Waals surface area (Å²) in [4.78, 5) is 0. The number of nitrogens with one attached hydrogen (secondary N) is 1. The van der Waals surface area contributed by atoms with E-state index in [2.05, 4.69) is 46.0 Å². The number of furan rings is 1. The summed E-state index contributed by atoms with van der Waals surface area (Å²) in [7, 11) is 0. The first-order chi connectivity index (χ1) is 8.27. The van der Waals surface area contributed by atoms with E-state index in [9.17, 15) is 0 Å². The van der Waals surface area contributed by atoms with Gasteiger partial charge in [0.25, 0.3) is 0 Å². The Hall–Kier alpha value is -0.760. The molecule has 0 saturated heterocycles. The van der Waals surface area contributed by atoms with E-state index in [1.807, 2.05) is 6.07 Å². The molecule has 0 unspecified atom stereocenters. The van der Waals surface area contributed by atoms with Crippen LogP contribution in [-0.4, -0.2) is 6.04 Å². The summed E-state index contributed by atoms with van der Waals surface area (Å²) in [5.41, 5.74) is 0.866. The second-order valence-corrected chi connectivity index (χ2v) is 7.51. The summed E-state index contributed by atoms with van der Waals surface area (Å²) in [6.45, 7) is 11.7. The average Bonchev–Trinajstić information content (AvgIpc) is 2.63. The molecule has 0 amide bonds. The van der Waals surface area contributed by atoms with Gasteiger partial charge >= 0.3 is 0 Å². The zero-order chi connectivity index (χ0) is 13.4. The van der Waals surface area contributed by atoms with Gasteiger partial charge in [0.05, 0.1) is 12.3 Å². The van der Waals surface area contributed by atoms with Gasteiger partial charge in [-0.3, -0.25) is 0 Å². The molecule has 0 radical (unpaired) electrons. The smallest absolute Gasteiger partial charge is 0.120 e. The van der Waals surface area contributed by atoms with Crippen LogP contribution in [0.1, 0.15) is 65.7 Å². The maximum atomic E-state index is 5.48. The number of hydrogen-bond acceptors (Lipinski definition) is 2. The molecule has 1 aliphatic carbocycles. The topological polar surface area (TPSA) is 25.2 Å². The molecule has 1 fully saturated rings. The van der Waals surface area contributed by atoms with Crippen molar-refractivity contribution in [2.75, 3.05) is 0 Å². The molecule has 2 heteroatoms. The van der Waals surface area contributed by atoms with Gasteiger partial charge in [-0.2, -0.15) is 0 Å². The van der Waals surface area contributed by atoms with Crippen molar-refractivity contribution in [1.29, 1.82) is 0 Å². The first kappa shape index (κ1) is 13.7. The zero-order valence-corrected chi connectivity index (χ0v) is 12.4. The molecule has 18 heavy (non-hydrogen) atoms. The van der Waals surface area contributed by atoms with Crippen LogP contribution in [0.25, 0.3) is 0 Å². The molecular formula is C16H27NO. The third kappa shape index (κ3) is 3.38. The molecular weight excluding hydrogens is 222 g/mol. The standard InChI is InChI=1S/C16H27NO/c1-12(14-7-6-8-18-14)17-13-9-15(2,3)11-16(4,5)10-13/h6-8,12-13,17H,9-11H2,1-5H3/t12-/m0/s1. The molecule has 102 valence electrons. The van der Waals surface area contributed by atoms with Crippen LogP contribution in [0.5, 0.6) is 0 Å². The summed E-state index contributed by atoms with van der Waals surface area (Å²) in [5.74, 6) is 1.04. The van der Waals surface area contributed by atoms with Gasteiger partial charge in [-0.05, 0) is 49.1 Å². The van der Waals surface area contributed by atoms with Crippen molar-refractivity contribution >= 4 is 0 Å². The van der Waals surface area contributed by atoms with Crippen LogP contribution < -0.4 is 5.32 Å². The summed E-state index contributed by atoms with van der Waals surface area (Å²) >= 11 is 0. The Kier molecular flexibility index (Phi) is 3.59. The van der Waals surface area contributed by atoms with Gasteiger partial charge in [0.15, 0.2) is 0 Å². The van der Waals surface area contributed by atoms with Crippen molar-refractivity contribution in [3.05, 3.63) is 24.2 Å². The second-order valence-electron chi connectivity index (χ2n) is 7.51. The predicted molar refractivity (Wildman–Crippen MR) is 75.5 cm³/mol. The van der Waals surface area contributed by atoms with Crippen LogP contribution in [-0.2, 0) is 0 Å². The van der Waals surface area contributed by atoms with Crippen LogP contribution >= 0.6 is 0 Å². The van der Waals surface area contributed by atoms with Gasteiger partial charge in [-0.15, -0.1) is 0 Å². The largest absolute Gasteiger partial charge is 0.468 e. The second kappa shape index (κ2) is 4.73. The monoisotopic (exact) mass is 249 g/mol. The average molecular weight is 249 g/mol. The highest BCUT2D eigenvalue weighted by Gasteiger charge is 2.38. The van der Waals surface area contributed by atoms with Crippen molar-refractivity contribution in [2.45, 2.75) is 66.0 Å². The van der Waals surface area contributed by atoms with Crippen molar-refractivity contribution in [3.8, 4) is 0 Å². The van der Waals surface area contributed by atoms with E-state index in [1.165, 1.54) is 19.3 Å². The third-order valence-corrected chi connectivity index (χ3v) is 4.01. The number of hydrogen-bond donors (Lipinski definition) is 1. The number of rotatable bonds is 3. The summed E-state index contributed by atoms with van der Waals surface area (Å²) < 4.78 is 5.48. The van der Waals surface area contributed by atoms with Crippen molar-refractivity contribution in [1.82, 2.24) is 5.32 Å². The minimum Gasteiger partial charge on any atom is -0.468 e. The Morgan fingerprint density at radius 2 is 1.83 bits per heavy atom. The van der Waals surface area contributed by atoms with E-state index < -0.39 is 0 Å². The molecule has 0 aromatic carbocycles. The molecule has 0 aliphatic heterocycles. The molecule has 1 N–H and O–H groups in total. The highest BCUT2D eigenvalue weighted by atomic mass is 16.3. The van der Waals surface area contributed by atoms with Crippen molar-refractivity contribution in [2.24, 2.45) is 10.8 Å². The highest BCUT2D eigenvalue weighted by Crippen LogP contribution is 2.46. The maximum absolute atomic E-state index is 5.48. The Balaban J connectivity index is 2.01. The quantitative estimate of drug-likeness (QED) is 0.851. The minimum absolute atomic E-state index is 0.301. The molecule has 2 rings (SSSR count).